The number of hydrogen-bond acceptors (Lipinski definition) is 5. The Morgan fingerprint density at radius 3 is 2.75 bits per heavy atom. The van der Waals surface area contributed by atoms with Crippen molar-refractivity contribution in [2.24, 2.45) is 7.05 Å². The van der Waals surface area contributed by atoms with Gasteiger partial charge in [-0.25, -0.2) is 8.42 Å². The van der Waals surface area contributed by atoms with Gasteiger partial charge in [0.25, 0.3) is 10.0 Å². The summed E-state index contributed by atoms with van der Waals surface area (Å²) in [7, 11) is -1.89. The molecule has 0 saturated heterocycles. The van der Waals surface area contributed by atoms with Gasteiger partial charge in [0.2, 0.25) is 0 Å². The van der Waals surface area contributed by atoms with Gasteiger partial charge in [-0.2, -0.15) is 5.10 Å². The van der Waals surface area contributed by atoms with Gasteiger partial charge in [0.15, 0.2) is 0 Å². The summed E-state index contributed by atoms with van der Waals surface area (Å²) in [6.07, 6.45) is 2.29. The van der Waals surface area contributed by atoms with Crippen molar-refractivity contribution in [3.63, 3.8) is 0 Å². The Hall–Kier alpha value is -1.38. The molecule has 0 saturated carbocycles. The van der Waals surface area contributed by atoms with Gasteiger partial charge < -0.3 is 5.11 Å². The zero-order valence-electron chi connectivity index (χ0n) is 11.5. The van der Waals surface area contributed by atoms with Gasteiger partial charge in [-0.1, -0.05) is 6.92 Å². The van der Waals surface area contributed by atoms with Crippen LogP contribution in [0.2, 0.25) is 0 Å². The van der Waals surface area contributed by atoms with Gasteiger partial charge in [0, 0.05) is 18.1 Å². The second-order valence-corrected chi connectivity index (χ2v) is 7.50. The van der Waals surface area contributed by atoms with E-state index in [0.717, 1.165) is 16.9 Å². The van der Waals surface area contributed by atoms with E-state index in [1.54, 1.807) is 30.9 Å². The highest BCUT2D eigenvalue weighted by atomic mass is 32.2. The summed E-state index contributed by atoms with van der Waals surface area (Å²) in [5.74, 6) is 0. The van der Waals surface area contributed by atoms with Crippen molar-refractivity contribution in [2.45, 2.75) is 31.1 Å². The molecule has 2 rings (SSSR count). The molecule has 0 aromatic carbocycles. The first-order chi connectivity index (χ1) is 9.37. The molecule has 0 atom stereocenters. The first-order valence-corrected chi connectivity index (χ1v) is 8.42. The maximum Gasteiger partial charge on any atom is 0.271 e. The van der Waals surface area contributed by atoms with Gasteiger partial charge >= 0.3 is 0 Å². The maximum atomic E-state index is 12.3. The van der Waals surface area contributed by atoms with E-state index in [2.05, 4.69) is 9.82 Å². The number of aliphatic hydroxyl groups excluding tert-OH is 1. The molecule has 20 heavy (non-hydrogen) atoms. The van der Waals surface area contributed by atoms with Crippen LogP contribution in [0.4, 0.5) is 5.69 Å². The van der Waals surface area contributed by atoms with Crippen molar-refractivity contribution in [3.05, 3.63) is 28.4 Å². The second kappa shape index (κ2) is 5.55. The van der Waals surface area contributed by atoms with Crippen LogP contribution in [0.5, 0.6) is 0 Å². The Bertz CT molecular complexity index is 716. The highest BCUT2D eigenvalue weighted by molar-refractivity contribution is 7.94. The summed E-state index contributed by atoms with van der Waals surface area (Å²) in [6.45, 7) is 3.54. The number of aryl methyl sites for hydroxylation is 3. The van der Waals surface area contributed by atoms with Crippen molar-refractivity contribution in [1.82, 2.24) is 9.78 Å². The van der Waals surface area contributed by atoms with E-state index in [9.17, 15) is 8.42 Å². The molecule has 0 radical (unpaired) electrons. The summed E-state index contributed by atoms with van der Waals surface area (Å²) in [5, 5.41) is 13.4. The molecule has 0 amide bonds. The quantitative estimate of drug-likeness (QED) is 0.878. The first-order valence-electron chi connectivity index (χ1n) is 6.13. The van der Waals surface area contributed by atoms with E-state index in [1.807, 2.05) is 6.92 Å². The van der Waals surface area contributed by atoms with Crippen LogP contribution >= 0.6 is 11.3 Å². The van der Waals surface area contributed by atoms with Gasteiger partial charge in [0.1, 0.15) is 4.21 Å². The molecule has 2 aromatic rings. The number of nitrogens with zero attached hydrogens (tertiary/aromatic N) is 2. The van der Waals surface area contributed by atoms with Crippen molar-refractivity contribution in [2.75, 3.05) is 4.72 Å². The SMILES string of the molecule is CCc1nn(C)cc1NS(=O)(=O)c1cc(C)c(CO)s1. The van der Waals surface area contributed by atoms with Crippen molar-refractivity contribution >= 4 is 27.0 Å². The van der Waals surface area contributed by atoms with Crippen molar-refractivity contribution in [1.29, 1.82) is 0 Å². The minimum Gasteiger partial charge on any atom is -0.391 e. The van der Waals surface area contributed by atoms with Crippen molar-refractivity contribution in [3.8, 4) is 0 Å². The number of anilines is 1. The first kappa shape index (κ1) is 15.0. The Morgan fingerprint density at radius 1 is 1.50 bits per heavy atom. The molecule has 0 bridgehead atoms. The largest absolute Gasteiger partial charge is 0.391 e. The molecule has 6 nitrogen and oxygen atoms in total. The van der Waals surface area contributed by atoms with E-state index in [1.165, 1.54) is 0 Å². The number of aliphatic hydroxyl groups is 1. The number of nitrogens with one attached hydrogen (secondary N) is 1. The molecule has 2 aromatic heterocycles. The van der Waals surface area contributed by atoms with Crippen LogP contribution in [-0.2, 0) is 30.1 Å². The summed E-state index contributed by atoms with van der Waals surface area (Å²) < 4.78 is 29.0. The minimum absolute atomic E-state index is 0.154. The number of thiophene rings is 1. The fraction of sp³-hybridized carbons (Fsp3) is 0.417. The zero-order valence-corrected chi connectivity index (χ0v) is 13.2. The second-order valence-electron chi connectivity index (χ2n) is 4.45. The Morgan fingerprint density at radius 2 is 2.20 bits per heavy atom. The molecule has 2 N–H and O–H groups in total. The van der Waals surface area contributed by atoms with Crippen LogP contribution in [0.25, 0.3) is 0 Å². The van der Waals surface area contributed by atoms with Crippen LogP contribution in [-0.4, -0.2) is 23.3 Å². The number of sulfonamides is 1. The van der Waals surface area contributed by atoms with E-state index in [-0.39, 0.29) is 10.8 Å². The summed E-state index contributed by atoms with van der Waals surface area (Å²) in [4.78, 5) is 0.660. The number of hydrogen-bond donors (Lipinski definition) is 2. The van der Waals surface area contributed by atoms with Gasteiger partial charge in [-0.15, -0.1) is 11.3 Å². The molecule has 0 unspecified atom stereocenters. The lowest BCUT2D eigenvalue weighted by Crippen LogP contribution is -2.12. The molecule has 2 heterocycles. The summed E-state index contributed by atoms with van der Waals surface area (Å²) >= 11 is 1.08. The van der Waals surface area contributed by atoms with E-state index in [0.29, 0.717) is 22.7 Å². The van der Waals surface area contributed by atoms with Crippen LogP contribution in [0.15, 0.2) is 16.5 Å². The third kappa shape index (κ3) is 2.87. The summed E-state index contributed by atoms with van der Waals surface area (Å²) in [5.41, 5.74) is 1.97. The molecule has 110 valence electrons. The van der Waals surface area contributed by atoms with Gasteiger partial charge in [-0.05, 0) is 25.0 Å². The number of rotatable bonds is 5. The number of aromatic nitrogens is 2. The lowest BCUT2D eigenvalue weighted by atomic mass is 10.3. The third-order valence-electron chi connectivity index (χ3n) is 2.89. The molecular weight excluding hydrogens is 298 g/mol. The standard InChI is InChI=1S/C12H17N3O3S2/c1-4-9-10(6-15(3)13-9)14-20(17,18)12-5-8(2)11(7-16)19-12/h5-6,14,16H,4,7H2,1-3H3. The average molecular weight is 315 g/mol. The third-order valence-corrected chi connectivity index (χ3v) is 5.95. The molecule has 8 heteroatoms. The molecule has 0 aliphatic carbocycles. The lowest BCUT2D eigenvalue weighted by Gasteiger charge is -2.04. The van der Waals surface area contributed by atoms with Crippen LogP contribution < -0.4 is 4.72 Å². The van der Waals surface area contributed by atoms with Gasteiger partial charge in [0.05, 0.1) is 18.0 Å². The Kier molecular flexibility index (Phi) is 4.17. The predicted molar refractivity (Wildman–Crippen MR) is 78.4 cm³/mol. The topological polar surface area (TPSA) is 84.2 Å². The molecule has 0 spiro atoms. The van der Waals surface area contributed by atoms with E-state index in [4.69, 9.17) is 5.11 Å². The fourth-order valence-corrected chi connectivity index (χ4v) is 4.38. The molecule has 0 aliphatic rings. The van der Waals surface area contributed by atoms with Crippen molar-refractivity contribution < 1.29 is 13.5 Å². The Labute approximate surface area is 122 Å². The van der Waals surface area contributed by atoms with E-state index >= 15 is 0 Å². The van der Waals surface area contributed by atoms with Crippen LogP contribution in [0.1, 0.15) is 23.1 Å². The zero-order chi connectivity index (χ0) is 14.9. The predicted octanol–water partition coefficient (Wildman–Crippen LogP) is 1.65. The normalized spacial score (nSPS) is 11.8. The minimum atomic E-state index is -3.64. The van der Waals surface area contributed by atoms with E-state index < -0.39 is 10.0 Å². The average Bonchev–Trinajstić information content (AvgIpc) is 2.92. The van der Waals surface area contributed by atoms with Crippen LogP contribution in [0, 0.1) is 6.92 Å². The molecular formula is C12H17N3O3S2. The maximum absolute atomic E-state index is 12.3. The smallest absolute Gasteiger partial charge is 0.271 e. The Balaban J connectivity index is 2.35. The monoisotopic (exact) mass is 315 g/mol. The summed E-state index contributed by atoms with van der Waals surface area (Å²) in [6, 6.07) is 1.57. The molecule has 0 aliphatic heterocycles. The highest BCUT2D eigenvalue weighted by Gasteiger charge is 2.21. The lowest BCUT2D eigenvalue weighted by molar-refractivity contribution is 0.285. The highest BCUT2D eigenvalue weighted by Crippen LogP contribution is 2.28. The molecule has 0 fully saturated rings. The van der Waals surface area contributed by atoms with Gasteiger partial charge in [-0.3, -0.25) is 9.40 Å². The van der Waals surface area contributed by atoms with Crippen LogP contribution in [0.3, 0.4) is 0 Å². The fourth-order valence-electron chi connectivity index (χ4n) is 1.85.